The topological polar surface area (TPSA) is 47.9 Å². The predicted molar refractivity (Wildman–Crippen MR) is 117 cm³/mol. The predicted octanol–water partition coefficient (Wildman–Crippen LogP) is 6.35. The van der Waals surface area contributed by atoms with Crippen molar-refractivity contribution in [2.45, 2.75) is 13.8 Å². The maximum absolute atomic E-state index is 12.2. The summed E-state index contributed by atoms with van der Waals surface area (Å²) in [6.07, 6.45) is 1.69. The number of carbonyl (C=O) groups excluding carboxylic acids is 1. The van der Waals surface area contributed by atoms with E-state index in [1.165, 1.54) is 0 Å². The summed E-state index contributed by atoms with van der Waals surface area (Å²) in [6.45, 7) is 4.80. The van der Waals surface area contributed by atoms with E-state index in [0.717, 1.165) is 30.3 Å². The zero-order valence-corrected chi connectivity index (χ0v) is 19.4. The number of ether oxygens (including phenoxy) is 2. The molecule has 0 spiro atoms. The van der Waals surface area contributed by atoms with Gasteiger partial charge in [-0.15, -0.1) is 0 Å². The van der Waals surface area contributed by atoms with Crippen LogP contribution in [-0.4, -0.2) is 18.5 Å². The zero-order valence-electron chi connectivity index (χ0n) is 14.6. The van der Waals surface area contributed by atoms with E-state index in [-0.39, 0.29) is 5.70 Å². The summed E-state index contributed by atoms with van der Waals surface area (Å²) >= 11 is 10.4. The van der Waals surface area contributed by atoms with Crippen molar-refractivity contribution in [2.75, 3.05) is 6.61 Å². The maximum atomic E-state index is 12.2. The number of halogens is 3. The van der Waals surface area contributed by atoms with Crippen molar-refractivity contribution in [3.05, 3.63) is 66.6 Å². The van der Waals surface area contributed by atoms with E-state index >= 15 is 0 Å². The third-order valence-electron chi connectivity index (χ3n) is 3.60. The van der Waals surface area contributed by atoms with Gasteiger partial charge in [-0.2, -0.15) is 0 Å². The number of rotatable bonds is 5. The van der Waals surface area contributed by atoms with Gasteiger partial charge >= 0.3 is 5.97 Å². The molecule has 4 nitrogen and oxygen atoms in total. The molecule has 0 fully saturated rings. The van der Waals surface area contributed by atoms with Gasteiger partial charge in [-0.3, -0.25) is 0 Å². The Bertz CT molecular complexity index is 911. The molecule has 0 saturated heterocycles. The third kappa shape index (κ3) is 5.09. The van der Waals surface area contributed by atoms with Crippen molar-refractivity contribution in [3.8, 4) is 5.75 Å². The summed E-state index contributed by atoms with van der Waals surface area (Å²) in [5.74, 6) is 0.984. The lowest BCUT2D eigenvalue weighted by molar-refractivity contribution is -0.129. The summed E-state index contributed by atoms with van der Waals surface area (Å²) in [4.78, 5) is 16.5. The minimum Gasteiger partial charge on any atom is -0.491 e. The Labute approximate surface area is 183 Å². The number of esters is 1. The van der Waals surface area contributed by atoms with Crippen LogP contribution in [0.5, 0.6) is 5.75 Å². The van der Waals surface area contributed by atoms with Crippen LogP contribution in [-0.2, 0) is 9.53 Å². The third-order valence-corrected chi connectivity index (χ3v) is 5.30. The second kappa shape index (κ2) is 8.71. The second-order valence-electron chi connectivity index (χ2n) is 6.36. The molecule has 0 saturated carbocycles. The van der Waals surface area contributed by atoms with E-state index < -0.39 is 5.97 Å². The molecule has 1 heterocycles. The van der Waals surface area contributed by atoms with Crippen LogP contribution >= 0.6 is 47.8 Å². The number of carbonyl (C=O) groups is 1. The van der Waals surface area contributed by atoms with Crippen molar-refractivity contribution >= 4 is 65.7 Å². The molecule has 2 aromatic rings. The summed E-state index contributed by atoms with van der Waals surface area (Å²) in [6, 6.07) is 11.2. The zero-order chi connectivity index (χ0) is 19.6. The van der Waals surface area contributed by atoms with Gasteiger partial charge in [0.2, 0.25) is 5.90 Å². The smallest absolute Gasteiger partial charge is 0.363 e. The first-order valence-corrected chi connectivity index (χ1v) is 10.6. The number of aliphatic imine (C=N–C) groups is 1. The normalized spacial score (nSPS) is 15.3. The van der Waals surface area contributed by atoms with Gasteiger partial charge in [0.15, 0.2) is 5.70 Å². The van der Waals surface area contributed by atoms with Crippen molar-refractivity contribution < 1.29 is 14.3 Å². The van der Waals surface area contributed by atoms with Gasteiger partial charge in [-0.05, 0) is 85.8 Å². The average Bonchev–Trinajstić information content (AvgIpc) is 2.95. The first kappa shape index (κ1) is 20.3. The molecular weight excluding hydrogens is 542 g/mol. The highest BCUT2D eigenvalue weighted by molar-refractivity contribution is 9.11. The van der Waals surface area contributed by atoms with Crippen LogP contribution in [0.1, 0.15) is 25.0 Å². The fraction of sp³-hybridized carbons (Fsp3) is 0.200. The van der Waals surface area contributed by atoms with E-state index in [0.29, 0.717) is 18.4 Å². The van der Waals surface area contributed by atoms with Crippen LogP contribution in [0.4, 0.5) is 0 Å². The molecule has 0 radical (unpaired) electrons. The van der Waals surface area contributed by atoms with Crippen LogP contribution in [0.15, 0.2) is 60.5 Å². The molecule has 0 bridgehead atoms. The van der Waals surface area contributed by atoms with Crippen LogP contribution in [0, 0.1) is 5.92 Å². The van der Waals surface area contributed by atoms with Gasteiger partial charge in [0.1, 0.15) is 5.75 Å². The van der Waals surface area contributed by atoms with Crippen LogP contribution in [0.3, 0.4) is 0 Å². The summed E-state index contributed by atoms with van der Waals surface area (Å²) in [5, 5.41) is 0. The minimum atomic E-state index is -0.472. The second-order valence-corrected chi connectivity index (χ2v) is 8.99. The molecule has 2 aromatic carbocycles. The fourth-order valence-electron chi connectivity index (χ4n) is 2.33. The lowest BCUT2D eigenvalue weighted by atomic mass is 10.2. The molecule has 1 aliphatic rings. The van der Waals surface area contributed by atoms with Gasteiger partial charge < -0.3 is 9.47 Å². The van der Waals surface area contributed by atoms with Crippen LogP contribution in [0.2, 0.25) is 0 Å². The highest BCUT2D eigenvalue weighted by atomic mass is 79.9. The lowest BCUT2D eigenvalue weighted by Crippen LogP contribution is -2.05. The molecule has 3 rings (SSSR count). The molecule has 1 aliphatic heterocycles. The number of hydrogen-bond acceptors (Lipinski definition) is 4. The number of benzene rings is 2. The molecule has 27 heavy (non-hydrogen) atoms. The minimum absolute atomic E-state index is 0.252. The first-order chi connectivity index (χ1) is 12.8. The molecule has 0 aliphatic carbocycles. The van der Waals surface area contributed by atoms with E-state index in [9.17, 15) is 4.79 Å². The Balaban J connectivity index is 1.87. The molecular formula is C20H16Br3NO3. The van der Waals surface area contributed by atoms with Crippen molar-refractivity contribution in [1.29, 1.82) is 0 Å². The van der Waals surface area contributed by atoms with E-state index in [1.54, 1.807) is 6.08 Å². The van der Waals surface area contributed by atoms with Crippen molar-refractivity contribution in [3.63, 3.8) is 0 Å². The molecule has 0 atom stereocenters. The van der Waals surface area contributed by atoms with Gasteiger partial charge in [0, 0.05) is 10.0 Å². The highest BCUT2D eigenvalue weighted by Gasteiger charge is 2.24. The van der Waals surface area contributed by atoms with E-state index in [4.69, 9.17) is 9.47 Å². The lowest BCUT2D eigenvalue weighted by Gasteiger charge is -2.13. The Morgan fingerprint density at radius 3 is 2.33 bits per heavy atom. The highest BCUT2D eigenvalue weighted by Crippen LogP contribution is 2.36. The molecule has 0 aromatic heterocycles. The number of hydrogen-bond donors (Lipinski definition) is 0. The van der Waals surface area contributed by atoms with Gasteiger partial charge in [-0.1, -0.05) is 29.8 Å². The first-order valence-electron chi connectivity index (χ1n) is 8.24. The summed E-state index contributed by atoms with van der Waals surface area (Å²) in [5.41, 5.74) is 1.80. The van der Waals surface area contributed by atoms with E-state index in [1.807, 2.05) is 36.4 Å². The molecule has 0 unspecified atom stereocenters. The summed E-state index contributed by atoms with van der Waals surface area (Å²) in [7, 11) is 0. The maximum Gasteiger partial charge on any atom is 0.363 e. The Hall–Kier alpha value is -1.44. The van der Waals surface area contributed by atoms with E-state index in [2.05, 4.69) is 66.6 Å². The SMILES string of the molecule is CC(C)COc1c(Br)cc(/C=C2\N=C(c3ccc(Br)cc3)OC2=O)cc1Br. The number of nitrogens with zero attached hydrogens (tertiary/aromatic N) is 1. The summed E-state index contributed by atoms with van der Waals surface area (Å²) < 4.78 is 13.7. The molecule has 0 amide bonds. The standard InChI is InChI=1S/C20H16Br3NO3/c1-11(2)10-26-18-15(22)7-12(8-16(18)23)9-17-20(25)27-19(24-17)13-3-5-14(21)6-4-13/h3-9,11H,10H2,1-2H3/b17-9-. The monoisotopic (exact) mass is 555 g/mol. The largest absolute Gasteiger partial charge is 0.491 e. The van der Waals surface area contributed by atoms with Crippen molar-refractivity contribution in [1.82, 2.24) is 0 Å². The van der Waals surface area contributed by atoms with Gasteiger partial charge in [-0.25, -0.2) is 9.79 Å². The van der Waals surface area contributed by atoms with Gasteiger partial charge in [0.05, 0.1) is 15.6 Å². The Morgan fingerprint density at radius 1 is 1.11 bits per heavy atom. The average molecular weight is 558 g/mol. The fourth-order valence-corrected chi connectivity index (χ4v) is 4.05. The van der Waals surface area contributed by atoms with Gasteiger partial charge in [0.25, 0.3) is 0 Å². The molecule has 140 valence electrons. The molecule has 7 heteroatoms. The number of cyclic esters (lactones) is 1. The van der Waals surface area contributed by atoms with Crippen LogP contribution < -0.4 is 4.74 Å². The quantitative estimate of drug-likeness (QED) is 0.318. The Kier molecular flexibility index (Phi) is 6.55. The molecule has 0 N–H and O–H groups in total. The van der Waals surface area contributed by atoms with Crippen LogP contribution in [0.25, 0.3) is 6.08 Å². The Morgan fingerprint density at radius 2 is 1.74 bits per heavy atom. The van der Waals surface area contributed by atoms with Crippen molar-refractivity contribution in [2.24, 2.45) is 10.9 Å².